The third-order valence-electron chi connectivity index (χ3n) is 5.48. The Kier molecular flexibility index (Phi) is 4.53. The molecular formula is C22H27N5O. The number of aliphatic hydroxyl groups is 1. The van der Waals surface area contributed by atoms with Crippen LogP contribution in [0.4, 0.5) is 5.82 Å². The van der Waals surface area contributed by atoms with Crippen LogP contribution in [0.1, 0.15) is 31.9 Å². The van der Waals surface area contributed by atoms with Crippen molar-refractivity contribution in [1.82, 2.24) is 14.3 Å². The summed E-state index contributed by atoms with van der Waals surface area (Å²) < 4.78 is 2.13. The number of nitrogens with zero attached hydrogens (tertiary/aromatic N) is 5. The van der Waals surface area contributed by atoms with Crippen LogP contribution >= 0.6 is 0 Å². The van der Waals surface area contributed by atoms with E-state index in [1.807, 2.05) is 39.0 Å². The lowest BCUT2D eigenvalue weighted by Crippen LogP contribution is -2.55. The second kappa shape index (κ2) is 6.77. The van der Waals surface area contributed by atoms with Gasteiger partial charge in [-0.15, -0.1) is 0 Å². The first-order valence-corrected chi connectivity index (χ1v) is 9.81. The molecular weight excluding hydrogens is 350 g/mol. The summed E-state index contributed by atoms with van der Waals surface area (Å²) in [6.07, 6.45) is 0. The number of para-hydroxylation sites is 2. The number of hydrogen-bond acceptors (Lipinski definition) is 5. The summed E-state index contributed by atoms with van der Waals surface area (Å²) in [6, 6.07) is 12.8. The van der Waals surface area contributed by atoms with Crippen molar-refractivity contribution in [3.63, 3.8) is 0 Å². The van der Waals surface area contributed by atoms with E-state index in [-0.39, 0.29) is 6.04 Å². The van der Waals surface area contributed by atoms with Crippen LogP contribution in [0.25, 0.3) is 16.7 Å². The zero-order valence-electron chi connectivity index (χ0n) is 17.0. The Morgan fingerprint density at radius 3 is 2.71 bits per heavy atom. The monoisotopic (exact) mass is 377 g/mol. The number of piperazine rings is 1. The number of aromatic nitrogens is 2. The van der Waals surface area contributed by atoms with Crippen LogP contribution in [-0.2, 0) is 0 Å². The third-order valence-corrected chi connectivity index (χ3v) is 5.48. The Morgan fingerprint density at radius 2 is 2.04 bits per heavy atom. The molecule has 0 amide bonds. The molecule has 3 heterocycles. The molecule has 2 aromatic heterocycles. The molecule has 28 heavy (non-hydrogen) atoms. The predicted octanol–water partition coefficient (Wildman–Crippen LogP) is 2.95. The largest absolute Gasteiger partial charge is 0.389 e. The maximum Gasteiger partial charge on any atom is 0.157 e. The van der Waals surface area contributed by atoms with Gasteiger partial charge in [-0.05, 0) is 51.5 Å². The number of fused-ring (bicyclic) bond motifs is 3. The van der Waals surface area contributed by atoms with Gasteiger partial charge in [0, 0.05) is 32.2 Å². The zero-order valence-corrected chi connectivity index (χ0v) is 17.0. The number of benzene rings is 1. The number of pyridine rings is 1. The molecule has 1 aliphatic rings. The van der Waals surface area contributed by atoms with E-state index in [2.05, 4.69) is 39.3 Å². The Bertz CT molecular complexity index is 1070. The number of hydrogen-bond donors (Lipinski definition) is 1. The quantitative estimate of drug-likeness (QED) is 0.760. The summed E-state index contributed by atoms with van der Waals surface area (Å²) in [5, 5.41) is 19.9. The van der Waals surface area contributed by atoms with Gasteiger partial charge < -0.3 is 10.0 Å². The van der Waals surface area contributed by atoms with Gasteiger partial charge in [-0.25, -0.2) is 4.98 Å². The highest BCUT2D eigenvalue weighted by Crippen LogP contribution is 2.30. The summed E-state index contributed by atoms with van der Waals surface area (Å²) >= 11 is 0. The first-order valence-electron chi connectivity index (χ1n) is 9.81. The van der Waals surface area contributed by atoms with Gasteiger partial charge >= 0.3 is 0 Å². The van der Waals surface area contributed by atoms with Gasteiger partial charge in [0.15, 0.2) is 5.65 Å². The maximum absolute atomic E-state index is 10.2. The van der Waals surface area contributed by atoms with Gasteiger partial charge in [0.05, 0.1) is 22.2 Å². The third kappa shape index (κ3) is 3.21. The van der Waals surface area contributed by atoms with Crippen LogP contribution < -0.4 is 4.90 Å². The number of imidazole rings is 1. The molecule has 0 radical (unpaired) electrons. The van der Waals surface area contributed by atoms with Crippen LogP contribution in [0, 0.1) is 18.3 Å². The normalized spacial score (nSPS) is 18.7. The molecule has 0 saturated carbocycles. The standard InChI is InChI=1S/C22H27N5O/c1-15-11-20(26-10-9-25(13-16(26)2)14-22(3,4)28)27-19-8-6-5-7-18(19)24-21(27)17(15)12-23/h5-8,11,16,28H,9-10,13-14H2,1-4H3. The van der Waals surface area contributed by atoms with E-state index < -0.39 is 5.60 Å². The van der Waals surface area contributed by atoms with E-state index in [1.54, 1.807) is 0 Å². The number of rotatable bonds is 3. The molecule has 3 aromatic rings. The highest BCUT2D eigenvalue weighted by Gasteiger charge is 2.29. The van der Waals surface area contributed by atoms with Crippen molar-refractivity contribution in [2.45, 2.75) is 39.3 Å². The van der Waals surface area contributed by atoms with Crippen LogP contribution in [-0.4, -0.2) is 57.2 Å². The average Bonchev–Trinajstić information content (AvgIpc) is 2.99. The van der Waals surface area contributed by atoms with Crippen LogP contribution in [0.3, 0.4) is 0 Å². The van der Waals surface area contributed by atoms with E-state index in [1.165, 1.54) is 0 Å². The molecule has 1 fully saturated rings. The lowest BCUT2D eigenvalue weighted by Gasteiger charge is -2.43. The second-order valence-corrected chi connectivity index (χ2v) is 8.52. The van der Waals surface area contributed by atoms with E-state index >= 15 is 0 Å². The smallest absolute Gasteiger partial charge is 0.157 e. The fourth-order valence-corrected chi connectivity index (χ4v) is 4.35. The number of nitriles is 1. The van der Waals surface area contributed by atoms with Crippen LogP contribution in [0.2, 0.25) is 0 Å². The summed E-state index contributed by atoms with van der Waals surface area (Å²) in [5.74, 6) is 1.08. The Balaban J connectivity index is 1.80. The number of β-amino-alcohol motifs (C(OH)–C–C–N with tert-alkyl or cyclic N) is 1. The lowest BCUT2D eigenvalue weighted by molar-refractivity contribution is 0.0307. The second-order valence-electron chi connectivity index (χ2n) is 8.52. The van der Waals surface area contributed by atoms with Crippen LogP contribution in [0.15, 0.2) is 30.3 Å². The fourth-order valence-electron chi connectivity index (χ4n) is 4.35. The highest BCUT2D eigenvalue weighted by atomic mass is 16.3. The van der Waals surface area contributed by atoms with Gasteiger partial charge in [0.1, 0.15) is 11.9 Å². The lowest BCUT2D eigenvalue weighted by atomic mass is 10.1. The molecule has 1 atom stereocenters. The minimum Gasteiger partial charge on any atom is -0.389 e. The molecule has 1 aliphatic heterocycles. The van der Waals surface area contributed by atoms with E-state index in [0.29, 0.717) is 12.1 Å². The van der Waals surface area contributed by atoms with Gasteiger partial charge in [0.25, 0.3) is 0 Å². The summed E-state index contributed by atoms with van der Waals surface area (Å²) in [4.78, 5) is 9.48. The number of anilines is 1. The first-order chi connectivity index (χ1) is 13.3. The van der Waals surface area contributed by atoms with Gasteiger partial charge in [-0.3, -0.25) is 9.30 Å². The molecule has 6 nitrogen and oxygen atoms in total. The molecule has 146 valence electrons. The molecule has 1 aromatic carbocycles. The van der Waals surface area contributed by atoms with E-state index in [4.69, 9.17) is 4.98 Å². The SMILES string of the molecule is Cc1cc(N2CCN(CC(C)(C)O)CC2C)n2c(nc3ccccc32)c1C#N. The summed E-state index contributed by atoms with van der Waals surface area (Å²) in [5.41, 5.74) is 3.54. The average molecular weight is 377 g/mol. The summed E-state index contributed by atoms with van der Waals surface area (Å²) in [7, 11) is 0. The van der Waals surface area contributed by atoms with Crippen molar-refractivity contribution in [3.8, 4) is 6.07 Å². The van der Waals surface area contributed by atoms with Crippen molar-refractivity contribution in [1.29, 1.82) is 5.26 Å². The fraction of sp³-hybridized carbons (Fsp3) is 0.455. The topological polar surface area (TPSA) is 67.8 Å². The van der Waals surface area contributed by atoms with Crippen molar-refractivity contribution < 1.29 is 5.11 Å². The van der Waals surface area contributed by atoms with E-state index in [0.717, 1.165) is 47.7 Å². The van der Waals surface area contributed by atoms with Gasteiger partial charge in [0.2, 0.25) is 0 Å². The Hall–Kier alpha value is -2.62. The molecule has 4 rings (SSSR count). The van der Waals surface area contributed by atoms with Crippen molar-refractivity contribution >= 4 is 22.5 Å². The van der Waals surface area contributed by atoms with Crippen molar-refractivity contribution in [2.75, 3.05) is 31.1 Å². The molecule has 1 unspecified atom stereocenters. The van der Waals surface area contributed by atoms with Gasteiger partial charge in [-0.2, -0.15) is 5.26 Å². The van der Waals surface area contributed by atoms with E-state index in [9.17, 15) is 10.4 Å². The predicted molar refractivity (Wildman–Crippen MR) is 112 cm³/mol. The summed E-state index contributed by atoms with van der Waals surface area (Å²) in [6.45, 7) is 11.2. The first kappa shape index (κ1) is 18.7. The van der Waals surface area contributed by atoms with Gasteiger partial charge in [-0.1, -0.05) is 12.1 Å². The highest BCUT2D eigenvalue weighted by molar-refractivity contribution is 5.85. The molecule has 0 spiro atoms. The minimum atomic E-state index is -0.694. The molecule has 1 N–H and O–H groups in total. The Morgan fingerprint density at radius 1 is 1.29 bits per heavy atom. The minimum absolute atomic E-state index is 0.285. The van der Waals surface area contributed by atoms with Crippen LogP contribution in [0.5, 0.6) is 0 Å². The zero-order chi connectivity index (χ0) is 20.1. The molecule has 0 aliphatic carbocycles. The van der Waals surface area contributed by atoms with Crippen molar-refractivity contribution in [2.24, 2.45) is 0 Å². The molecule has 6 heteroatoms. The van der Waals surface area contributed by atoms with Crippen molar-refractivity contribution in [3.05, 3.63) is 41.5 Å². The Labute approximate surface area is 165 Å². The molecule has 0 bridgehead atoms. The number of aryl methyl sites for hydroxylation is 1. The molecule has 1 saturated heterocycles. The maximum atomic E-state index is 10.2.